The molecule has 4 aromatic carbocycles. The van der Waals surface area contributed by atoms with Gasteiger partial charge in [-0.3, -0.25) is 0 Å². The second-order valence-electron chi connectivity index (χ2n) is 10.4. The predicted octanol–water partition coefficient (Wildman–Crippen LogP) is 7.73. The fourth-order valence-electron chi connectivity index (χ4n) is 5.15. The number of benzene rings is 4. The molecule has 2 N–H and O–H groups in total. The first-order chi connectivity index (χ1) is 19.8. The van der Waals surface area contributed by atoms with Gasteiger partial charge < -0.3 is 24.4 Å². The summed E-state index contributed by atoms with van der Waals surface area (Å²) in [5.74, 6) is 1.13. The van der Waals surface area contributed by atoms with Crippen LogP contribution in [0.15, 0.2) is 84.9 Å². The van der Waals surface area contributed by atoms with Gasteiger partial charge in [0, 0.05) is 5.56 Å². The van der Waals surface area contributed by atoms with Crippen molar-refractivity contribution in [1.82, 2.24) is 0 Å². The minimum Gasteiger partial charge on any atom is -0.496 e. The van der Waals surface area contributed by atoms with Crippen LogP contribution < -0.4 is 14.2 Å². The van der Waals surface area contributed by atoms with Crippen LogP contribution >= 0.6 is 0 Å². The third-order valence-corrected chi connectivity index (χ3v) is 7.46. The van der Waals surface area contributed by atoms with Crippen LogP contribution in [0.5, 0.6) is 23.0 Å². The lowest BCUT2D eigenvalue weighted by Crippen LogP contribution is -2.16. The molecule has 2 unspecified atom stereocenters. The lowest BCUT2D eigenvalue weighted by Gasteiger charge is -2.25. The van der Waals surface area contributed by atoms with Crippen molar-refractivity contribution >= 4 is 5.97 Å². The quantitative estimate of drug-likeness (QED) is 0.176. The molecule has 0 aliphatic heterocycles. The molecule has 0 bridgehead atoms. The van der Waals surface area contributed by atoms with Crippen LogP contribution in [0.2, 0.25) is 0 Å². The Hall–Kier alpha value is -4.29. The summed E-state index contributed by atoms with van der Waals surface area (Å²) in [5, 5.41) is 21.2. The van der Waals surface area contributed by atoms with Crippen LogP contribution in [0.3, 0.4) is 0 Å². The third-order valence-electron chi connectivity index (χ3n) is 7.46. The van der Waals surface area contributed by atoms with E-state index in [0.717, 1.165) is 41.5 Å². The molecule has 0 aliphatic rings. The van der Waals surface area contributed by atoms with Gasteiger partial charge in [-0.2, -0.15) is 0 Å². The molecule has 0 heterocycles. The summed E-state index contributed by atoms with van der Waals surface area (Å²) < 4.78 is 17.1. The van der Waals surface area contributed by atoms with Gasteiger partial charge in [0.05, 0.1) is 20.3 Å². The number of carbonyl (C=O) groups is 1. The van der Waals surface area contributed by atoms with Crippen molar-refractivity contribution in [2.45, 2.75) is 45.6 Å². The van der Waals surface area contributed by atoms with E-state index in [9.17, 15) is 15.0 Å². The highest BCUT2D eigenvalue weighted by Gasteiger charge is 2.24. The topological polar surface area (TPSA) is 85.2 Å². The molecule has 0 amide bonds. The van der Waals surface area contributed by atoms with E-state index in [1.165, 1.54) is 5.56 Å². The van der Waals surface area contributed by atoms with Gasteiger partial charge in [0.2, 0.25) is 0 Å². The van der Waals surface area contributed by atoms with Crippen molar-refractivity contribution in [1.29, 1.82) is 0 Å². The molecule has 0 aromatic heterocycles. The number of hydrogen-bond acceptors (Lipinski definition) is 5. The van der Waals surface area contributed by atoms with Crippen LogP contribution in [0.4, 0.5) is 0 Å². The summed E-state index contributed by atoms with van der Waals surface area (Å²) >= 11 is 0. The van der Waals surface area contributed by atoms with Crippen LogP contribution in [0, 0.1) is 19.8 Å². The minimum absolute atomic E-state index is 0.0574. The van der Waals surface area contributed by atoms with E-state index in [1.54, 1.807) is 32.4 Å². The van der Waals surface area contributed by atoms with Gasteiger partial charge in [0.1, 0.15) is 28.6 Å². The Kier molecular flexibility index (Phi) is 10.0. The molecular formula is C35H38O6. The van der Waals surface area contributed by atoms with Crippen LogP contribution in [-0.2, 0) is 12.8 Å². The fourth-order valence-corrected chi connectivity index (χ4v) is 5.15. The zero-order valence-electron chi connectivity index (χ0n) is 24.1. The SMILES string of the molecule is COc1cc(C(O)C(CCCc2ccccc2)Cc2ccc(Oc3cc(C)ccc3C(=O)O)cc2)cc(OC)c1C. The largest absolute Gasteiger partial charge is 0.496 e. The lowest BCUT2D eigenvalue weighted by molar-refractivity contribution is 0.0694. The first-order valence-corrected chi connectivity index (χ1v) is 13.8. The minimum atomic E-state index is -1.03. The first kappa shape index (κ1) is 29.7. The summed E-state index contributed by atoms with van der Waals surface area (Å²) in [4.78, 5) is 11.6. The first-order valence-electron chi connectivity index (χ1n) is 13.8. The molecule has 4 aromatic rings. The highest BCUT2D eigenvalue weighted by atomic mass is 16.5. The van der Waals surface area contributed by atoms with E-state index < -0.39 is 12.1 Å². The van der Waals surface area contributed by atoms with Crippen molar-refractivity contribution in [3.8, 4) is 23.0 Å². The van der Waals surface area contributed by atoms with Crippen LogP contribution in [0.25, 0.3) is 0 Å². The smallest absolute Gasteiger partial charge is 0.339 e. The Bertz CT molecular complexity index is 1420. The van der Waals surface area contributed by atoms with E-state index in [1.807, 2.05) is 68.4 Å². The summed E-state index contributed by atoms with van der Waals surface area (Å²) in [7, 11) is 3.24. The average Bonchev–Trinajstić information content (AvgIpc) is 2.97. The van der Waals surface area contributed by atoms with Gasteiger partial charge in [0.25, 0.3) is 0 Å². The second kappa shape index (κ2) is 13.9. The second-order valence-corrected chi connectivity index (χ2v) is 10.4. The molecule has 0 spiro atoms. The summed E-state index contributed by atoms with van der Waals surface area (Å²) in [5.41, 5.74) is 5.01. The van der Waals surface area contributed by atoms with Crippen LogP contribution in [-0.4, -0.2) is 30.4 Å². The molecule has 0 aliphatic carbocycles. The highest BCUT2D eigenvalue weighted by molar-refractivity contribution is 5.91. The maximum atomic E-state index is 11.6. The van der Waals surface area contributed by atoms with E-state index in [0.29, 0.717) is 29.4 Å². The number of aromatic carboxylic acids is 1. The van der Waals surface area contributed by atoms with Crippen molar-refractivity contribution < 1.29 is 29.2 Å². The van der Waals surface area contributed by atoms with Gasteiger partial charge in [-0.1, -0.05) is 48.5 Å². The van der Waals surface area contributed by atoms with Crippen molar-refractivity contribution in [3.05, 3.63) is 118 Å². The number of carboxylic acid groups (broad SMARTS) is 1. The maximum absolute atomic E-state index is 11.6. The molecule has 0 saturated carbocycles. The number of rotatable bonds is 13. The van der Waals surface area contributed by atoms with Crippen LogP contribution in [0.1, 0.15) is 57.1 Å². The Labute approximate surface area is 242 Å². The van der Waals surface area contributed by atoms with Gasteiger partial charge in [0.15, 0.2) is 0 Å². The lowest BCUT2D eigenvalue weighted by atomic mass is 9.85. The summed E-state index contributed by atoms with van der Waals surface area (Å²) in [6.45, 7) is 3.83. The number of hydrogen-bond donors (Lipinski definition) is 2. The van der Waals surface area contributed by atoms with E-state index in [2.05, 4.69) is 12.1 Å². The van der Waals surface area contributed by atoms with Crippen molar-refractivity contribution in [3.63, 3.8) is 0 Å². The zero-order valence-corrected chi connectivity index (χ0v) is 24.1. The fraction of sp³-hybridized carbons (Fsp3) is 0.286. The molecular weight excluding hydrogens is 516 g/mol. The number of aliphatic hydroxyl groups excluding tert-OH is 1. The van der Waals surface area contributed by atoms with Gasteiger partial charge in [-0.25, -0.2) is 4.79 Å². The van der Waals surface area contributed by atoms with E-state index in [4.69, 9.17) is 14.2 Å². The van der Waals surface area contributed by atoms with Gasteiger partial charge >= 0.3 is 5.97 Å². The molecule has 6 nitrogen and oxygen atoms in total. The standard InChI is InChI=1S/C35H38O6/c1-23-13-18-30(35(37)38)33(19-23)41-29-16-14-26(15-17-29)20-27(12-8-11-25-9-6-5-7-10-25)34(36)28-21-31(39-3)24(2)32(22-28)40-4/h5-7,9-10,13-19,21-22,27,34,36H,8,11-12,20H2,1-4H3,(H,37,38). The van der Waals surface area contributed by atoms with Gasteiger partial charge in [-0.15, -0.1) is 0 Å². The number of aliphatic hydroxyl groups is 1. The monoisotopic (exact) mass is 554 g/mol. The average molecular weight is 555 g/mol. The molecule has 2 atom stereocenters. The Balaban J connectivity index is 1.55. The van der Waals surface area contributed by atoms with Crippen molar-refractivity contribution in [2.75, 3.05) is 14.2 Å². The Morgan fingerprint density at radius 2 is 1.46 bits per heavy atom. The number of ether oxygens (including phenoxy) is 3. The van der Waals surface area contributed by atoms with E-state index in [-0.39, 0.29) is 11.5 Å². The molecule has 0 saturated heterocycles. The maximum Gasteiger partial charge on any atom is 0.339 e. The Morgan fingerprint density at radius 1 is 0.805 bits per heavy atom. The molecule has 214 valence electrons. The molecule has 6 heteroatoms. The van der Waals surface area contributed by atoms with E-state index >= 15 is 0 Å². The summed E-state index contributed by atoms with van der Waals surface area (Å²) in [6, 6.07) is 26.8. The Morgan fingerprint density at radius 3 is 2.07 bits per heavy atom. The number of methoxy groups -OCH3 is 2. The van der Waals surface area contributed by atoms with Crippen molar-refractivity contribution in [2.24, 2.45) is 5.92 Å². The molecule has 41 heavy (non-hydrogen) atoms. The molecule has 0 fully saturated rings. The number of aryl methyl sites for hydroxylation is 2. The summed E-state index contributed by atoms with van der Waals surface area (Å²) in [6.07, 6.45) is 2.60. The third kappa shape index (κ3) is 7.68. The molecule has 0 radical (unpaired) electrons. The van der Waals surface area contributed by atoms with Gasteiger partial charge in [-0.05, 0) is 104 Å². The zero-order chi connectivity index (χ0) is 29.4. The number of carboxylic acids is 1. The highest BCUT2D eigenvalue weighted by Crippen LogP contribution is 2.37. The predicted molar refractivity (Wildman–Crippen MR) is 160 cm³/mol. The molecule has 4 rings (SSSR count). The normalized spacial score (nSPS) is 12.4.